The van der Waals surface area contributed by atoms with E-state index in [4.69, 9.17) is 9.15 Å². The van der Waals surface area contributed by atoms with Crippen molar-refractivity contribution in [2.75, 3.05) is 20.8 Å². The third kappa shape index (κ3) is 2.97. The average Bonchev–Trinajstić information content (AvgIpc) is 3.06. The zero-order chi connectivity index (χ0) is 14.5. The van der Waals surface area contributed by atoms with Crippen LogP contribution in [0.15, 0.2) is 27.4 Å². The van der Waals surface area contributed by atoms with Gasteiger partial charge in [0, 0.05) is 19.1 Å². The summed E-state index contributed by atoms with van der Waals surface area (Å²) in [5.74, 6) is 0.996. The molecule has 110 valence electrons. The number of nitrogens with one attached hydrogen (secondary N) is 1. The third-order valence-electron chi connectivity index (χ3n) is 3.31. The minimum atomic E-state index is 0.0393. The molecule has 1 unspecified atom stereocenters. The number of ether oxygens (including phenoxy) is 1. The number of methoxy groups -OCH3 is 1. The van der Waals surface area contributed by atoms with Crippen LogP contribution in [-0.2, 0) is 17.7 Å². The highest BCUT2D eigenvalue weighted by atomic mass is 79.9. The summed E-state index contributed by atoms with van der Waals surface area (Å²) in [6.07, 6.45) is 4.42. The molecule has 0 spiro atoms. The molecule has 0 aliphatic rings. The molecule has 2 heterocycles. The molecule has 5 nitrogen and oxygen atoms in total. The Balaban J connectivity index is 2.39. The zero-order valence-electron chi connectivity index (χ0n) is 12.0. The Bertz CT molecular complexity index is 550. The summed E-state index contributed by atoms with van der Waals surface area (Å²) < 4.78 is 13.6. The maximum atomic E-state index is 5.55. The van der Waals surface area contributed by atoms with E-state index in [0.717, 1.165) is 34.5 Å². The van der Waals surface area contributed by atoms with Crippen LogP contribution in [0.25, 0.3) is 0 Å². The molecule has 0 amide bonds. The largest absolute Gasteiger partial charge is 0.469 e. The molecule has 20 heavy (non-hydrogen) atoms. The van der Waals surface area contributed by atoms with Crippen LogP contribution in [0.2, 0.25) is 0 Å². The summed E-state index contributed by atoms with van der Waals surface area (Å²) >= 11 is 3.59. The van der Waals surface area contributed by atoms with E-state index in [1.54, 1.807) is 13.4 Å². The first-order chi connectivity index (χ1) is 9.72. The molecule has 0 aromatic carbocycles. The molecule has 0 fully saturated rings. The molecular weight excluding hydrogens is 322 g/mol. The molecule has 0 radical (unpaired) electrons. The molecule has 2 rings (SSSR count). The van der Waals surface area contributed by atoms with Crippen molar-refractivity contribution in [3.63, 3.8) is 0 Å². The molecule has 2 aromatic rings. The summed E-state index contributed by atoms with van der Waals surface area (Å²) in [6, 6.07) is 2.05. The number of nitrogens with zero attached hydrogens (tertiary/aromatic N) is 2. The first-order valence-corrected chi connectivity index (χ1v) is 7.45. The first kappa shape index (κ1) is 15.3. The van der Waals surface area contributed by atoms with Crippen LogP contribution in [0.4, 0.5) is 0 Å². The molecule has 0 saturated heterocycles. The summed E-state index contributed by atoms with van der Waals surface area (Å²) in [5, 5.41) is 7.75. The number of hydrogen-bond donors (Lipinski definition) is 1. The Labute approximate surface area is 127 Å². The van der Waals surface area contributed by atoms with Crippen molar-refractivity contribution in [2.45, 2.75) is 25.9 Å². The number of halogens is 1. The monoisotopic (exact) mass is 341 g/mol. The van der Waals surface area contributed by atoms with Crippen molar-refractivity contribution in [3.8, 4) is 0 Å². The quantitative estimate of drug-likeness (QED) is 0.841. The first-order valence-electron chi connectivity index (χ1n) is 6.66. The fourth-order valence-electron chi connectivity index (χ4n) is 2.35. The van der Waals surface area contributed by atoms with Gasteiger partial charge in [-0.05, 0) is 29.0 Å². The van der Waals surface area contributed by atoms with E-state index in [1.165, 1.54) is 0 Å². The molecule has 1 atom stereocenters. The van der Waals surface area contributed by atoms with Crippen LogP contribution in [0, 0.1) is 0 Å². The maximum absolute atomic E-state index is 5.55. The normalized spacial score (nSPS) is 12.8. The number of aryl methyl sites for hydroxylation is 1. The lowest BCUT2D eigenvalue weighted by molar-refractivity contribution is 0.182. The van der Waals surface area contributed by atoms with Crippen LogP contribution >= 0.6 is 15.9 Å². The highest BCUT2D eigenvalue weighted by Gasteiger charge is 2.23. The zero-order valence-corrected chi connectivity index (χ0v) is 13.6. The second kappa shape index (κ2) is 7.06. The van der Waals surface area contributed by atoms with Gasteiger partial charge >= 0.3 is 0 Å². The van der Waals surface area contributed by atoms with Gasteiger partial charge in [-0.2, -0.15) is 5.10 Å². The Hall–Kier alpha value is -1.11. The smallest absolute Gasteiger partial charge is 0.108 e. The van der Waals surface area contributed by atoms with Gasteiger partial charge in [-0.1, -0.05) is 6.92 Å². The van der Waals surface area contributed by atoms with Gasteiger partial charge in [-0.15, -0.1) is 0 Å². The Morgan fingerprint density at radius 3 is 3.00 bits per heavy atom. The molecule has 0 saturated carbocycles. The molecule has 0 aliphatic carbocycles. The van der Waals surface area contributed by atoms with Crippen LogP contribution in [-0.4, -0.2) is 30.5 Å². The summed E-state index contributed by atoms with van der Waals surface area (Å²) in [4.78, 5) is 0. The van der Waals surface area contributed by atoms with Gasteiger partial charge in [-0.25, -0.2) is 0 Å². The maximum Gasteiger partial charge on any atom is 0.108 e. The minimum Gasteiger partial charge on any atom is -0.469 e. The van der Waals surface area contributed by atoms with Crippen molar-refractivity contribution in [3.05, 3.63) is 40.0 Å². The van der Waals surface area contributed by atoms with E-state index in [9.17, 15) is 0 Å². The minimum absolute atomic E-state index is 0.0393. The van der Waals surface area contributed by atoms with Crippen LogP contribution in [0.5, 0.6) is 0 Å². The van der Waals surface area contributed by atoms with E-state index in [-0.39, 0.29) is 6.04 Å². The van der Waals surface area contributed by atoms with Crippen LogP contribution in [0.1, 0.15) is 30.0 Å². The van der Waals surface area contributed by atoms with Crippen LogP contribution in [0.3, 0.4) is 0 Å². The van der Waals surface area contributed by atoms with E-state index in [0.29, 0.717) is 6.61 Å². The third-order valence-corrected chi connectivity index (χ3v) is 3.93. The summed E-state index contributed by atoms with van der Waals surface area (Å²) in [7, 11) is 3.64. The van der Waals surface area contributed by atoms with E-state index in [2.05, 4.69) is 33.3 Å². The van der Waals surface area contributed by atoms with Gasteiger partial charge in [0.05, 0.1) is 41.8 Å². The summed E-state index contributed by atoms with van der Waals surface area (Å²) in [6.45, 7) is 3.44. The fourth-order valence-corrected chi connectivity index (χ4v) is 2.87. The molecular formula is C14H20BrN3O2. The summed E-state index contributed by atoms with van der Waals surface area (Å²) in [5.41, 5.74) is 2.23. The lowest BCUT2D eigenvalue weighted by atomic mass is 10.0. The van der Waals surface area contributed by atoms with Crippen molar-refractivity contribution in [1.82, 2.24) is 15.1 Å². The Kier molecular flexibility index (Phi) is 5.39. The van der Waals surface area contributed by atoms with Crippen LogP contribution < -0.4 is 5.32 Å². The van der Waals surface area contributed by atoms with Gasteiger partial charge in [-0.3, -0.25) is 4.68 Å². The Morgan fingerprint density at radius 1 is 1.55 bits per heavy atom. The van der Waals surface area contributed by atoms with Gasteiger partial charge in [0.15, 0.2) is 0 Å². The topological polar surface area (TPSA) is 52.2 Å². The van der Waals surface area contributed by atoms with Crippen molar-refractivity contribution < 1.29 is 9.15 Å². The lowest BCUT2D eigenvalue weighted by Crippen LogP contribution is -2.23. The second-order valence-electron chi connectivity index (χ2n) is 4.47. The van der Waals surface area contributed by atoms with E-state index < -0.39 is 0 Å². The van der Waals surface area contributed by atoms with E-state index in [1.807, 2.05) is 24.0 Å². The van der Waals surface area contributed by atoms with Crippen molar-refractivity contribution in [1.29, 1.82) is 0 Å². The van der Waals surface area contributed by atoms with Gasteiger partial charge in [0.25, 0.3) is 0 Å². The molecule has 2 aromatic heterocycles. The predicted octanol–water partition coefficient (Wildman–Crippen LogP) is 2.76. The van der Waals surface area contributed by atoms with E-state index >= 15 is 0 Å². The molecule has 1 N–H and O–H groups in total. The molecule has 6 heteroatoms. The number of hydrogen-bond acceptors (Lipinski definition) is 4. The van der Waals surface area contributed by atoms with Crippen molar-refractivity contribution in [2.24, 2.45) is 0 Å². The SMILES string of the molecule is CCc1occc1C(NC)c1c(Br)cnn1CCOC. The Morgan fingerprint density at radius 2 is 2.35 bits per heavy atom. The number of aromatic nitrogens is 2. The van der Waals surface area contributed by atoms with Gasteiger partial charge in [0.2, 0.25) is 0 Å². The average molecular weight is 342 g/mol. The highest BCUT2D eigenvalue weighted by molar-refractivity contribution is 9.10. The predicted molar refractivity (Wildman–Crippen MR) is 80.8 cm³/mol. The lowest BCUT2D eigenvalue weighted by Gasteiger charge is -2.19. The number of furan rings is 1. The molecule has 0 bridgehead atoms. The second-order valence-corrected chi connectivity index (χ2v) is 5.32. The highest BCUT2D eigenvalue weighted by Crippen LogP contribution is 2.31. The fraction of sp³-hybridized carbons (Fsp3) is 0.500. The van der Waals surface area contributed by atoms with Crippen molar-refractivity contribution >= 4 is 15.9 Å². The molecule has 0 aliphatic heterocycles. The standard InChI is InChI=1S/C14H20BrN3O2/c1-4-12-10(5-7-20-12)13(16-2)14-11(15)9-17-18(14)6-8-19-3/h5,7,9,13,16H,4,6,8H2,1-3H3. The number of rotatable bonds is 7. The van der Waals surface area contributed by atoms with Gasteiger partial charge < -0.3 is 14.5 Å². The van der Waals surface area contributed by atoms with Gasteiger partial charge in [0.1, 0.15) is 5.76 Å².